The molecule has 92 valence electrons. The van der Waals surface area contributed by atoms with Crippen LogP contribution in [0.1, 0.15) is 36.5 Å². The number of nitrogens with zero attached hydrogens (tertiary/aromatic N) is 2. The van der Waals surface area contributed by atoms with Crippen molar-refractivity contribution in [2.24, 2.45) is 0 Å². The van der Waals surface area contributed by atoms with Crippen LogP contribution in [0, 0.1) is 0 Å². The minimum absolute atomic E-state index is 0.305. The number of anilines is 1. The number of rotatable bonds is 3. The number of methoxy groups -OCH3 is 1. The summed E-state index contributed by atoms with van der Waals surface area (Å²) in [5, 5.41) is 0. The second-order valence-electron chi connectivity index (χ2n) is 4.29. The van der Waals surface area contributed by atoms with Crippen LogP contribution in [0.15, 0.2) is 18.3 Å². The van der Waals surface area contributed by atoms with Crippen molar-refractivity contribution in [3.05, 3.63) is 23.9 Å². The first-order chi connectivity index (χ1) is 8.26. The monoisotopic (exact) mass is 234 g/mol. The van der Waals surface area contributed by atoms with Crippen molar-refractivity contribution < 1.29 is 9.53 Å². The van der Waals surface area contributed by atoms with Gasteiger partial charge in [-0.05, 0) is 31.4 Å². The fourth-order valence-corrected chi connectivity index (χ4v) is 2.38. The van der Waals surface area contributed by atoms with E-state index in [1.165, 1.54) is 20.0 Å². The molecule has 2 heterocycles. The van der Waals surface area contributed by atoms with Crippen molar-refractivity contribution in [3.63, 3.8) is 0 Å². The van der Waals surface area contributed by atoms with Gasteiger partial charge in [0.2, 0.25) is 0 Å². The van der Waals surface area contributed by atoms with Gasteiger partial charge < -0.3 is 9.64 Å². The summed E-state index contributed by atoms with van der Waals surface area (Å²) in [6, 6.07) is 4.06. The molecule has 0 aromatic carbocycles. The summed E-state index contributed by atoms with van der Waals surface area (Å²) in [5.74, 6) is 0.582. The molecular weight excluding hydrogens is 216 g/mol. The van der Waals surface area contributed by atoms with Gasteiger partial charge in [0.25, 0.3) is 0 Å². The molecule has 2 rings (SSSR count). The second kappa shape index (κ2) is 5.17. The molecule has 1 aromatic heterocycles. The molecule has 0 spiro atoms. The molecule has 1 atom stereocenters. The van der Waals surface area contributed by atoms with Gasteiger partial charge in [0.15, 0.2) is 0 Å². The molecular formula is C13H18N2O2. The minimum atomic E-state index is -0.305. The van der Waals surface area contributed by atoms with Gasteiger partial charge in [-0.25, -0.2) is 9.78 Å². The zero-order chi connectivity index (χ0) is 12.3. The SMILES string of the molecule is CCC1CCCN1c1cc(C(=O)OC)ccn1. The molecule has 1 aromatic rings. The molecule has 0 amide bonds. The van der Waals surface area contributed by atoms with Crippen LogP contribution in [0.25, 0.3) is 0 Å². The highest BCUT2D eigenvalue weighted by molar-refractivity contribution is 5.90. The van der Waals surface area contributed by atoms with Gasteiger partial charge in [-0.3, -0.25) is 0 Å². The Morgan fingerprint density at radius 3 is 3.18 bits per heavy atom. The van der Waals surface area contributed by atoms with E-state index >= 15 is 0 Å². The number of carbonyl (C=O) groups is 1. The van der Waals surface area contributed by atoms with Crippen LogP contribution in [-0.2, 0) is 4.74 Å². The summed E-state index contributed by atoms with van der Waals surface area (Å²) in [7, 11) is 1.40. The van der Waals surface area contributed by atoms with E-state index in [1.54, 1.807) is 12.3 Å². The van der Waals surface area contributed by atoms with Gasteiger partial charge in [-0.2, -0.15) is 0 Å². The van der Waals surface area contributed by atoms with Gasteiger partial charge in [0.05, 0.1) is 12.7 Å². The molecule has 4 heteroatoms. The van der Waals surface area contributed by atoms with Gasteiger partial charge >= 0.3 is 5.97 Å². The summed E-state index contributed by atoms with van der Waals surface area (Å²) in [6.45, 7) is 3.21. The fraction of sp³-hybridized carbons (Fsp3) is 0.538. The van der Waals surface area contributed by atoms with Crippen LogP contribution in [0.5, 0.6) is 0 Å². The highest BCUT2D eigenvalue weighted by Crippen LogP contribution is 2.26. The van der Waals surface area contributed by atoms with E-state index in [0.29, 0.717) is 11.6 Å². The zero-order valence-electron chi connectivity index (χ0n) is 10.3. The van der Waals surface area contributed by atoms with E-state index in [-0.39, 0.29) is 5.97 Å². The molecule has 0 saturated carbocycles. The number of hydrogen-bond acceptors (Lipinski definition) is 4. The highest BCUT2D eigenvalue weighted by atomic mass is 16.5. The van der Waals surface area contributed by atoms with E-state index in [9.17, 15) is 4.79 Å². The fourth-order valence-electron chi connectivity index (χ4n) is 2.38. The summed E-state index contributed by atoms with van der Waals surface area (Å²) >= 11 is 0. The van der Waals surface area contributed by atoms with Gasteiger partial charge in [0, 0.05) is 18.8 Å². The Morgan fingerprint density at radius 2 is 2.47 bits per heavy atom. The van der Waals surface area contributed by atoms with Crippen molar-refractivity contribution >= 4 is 11.8 Å². The van der Waals surface area contributed by atoms with Crippen molar-refractivity contribution in [3.8, 4) is 0 Å². The van der Waals surface area contributed by atoms with Crippen molar-refractivity contribution in [1.82, 2.24) is 4.98 Å². The number of hydrogen-bond donors (Lipinski definition) is 0. The first kappa shape index (κ1) is 11.9. The molecule has 1 saturated heterocycles. The van der Waals surface area contributed by atoms with Crippen molar-refractivity contribution in [2.45, 2.75) is 32.2 Å². The van der Waals surface area contributed by atoms with E-state index in [4.69, 9.17) is 4.74 Å². The Morgan fingerprint density at radius 1 is 1.65 bits per heavy atom. The maximum Gasteiger partial charge on any atom is 0.338 e. The quantitative estimate of drug-likeness (QED) is 0.752. The molecule has 0 N–H and O–H groups in total. The lowest BCUT2D eigenvalue weighted by atomic mass is 10.1. The van der Waals surface area contributed by atoms with Crippen molar-refractivity contribution in [2.75, 3.05) is 18.6 Å². The lowest BCUT2D eigenvalue weighted by Crippen LogP contribution is -2.29. The number of ether oxygens (including phenoxy) is 1. The molecule has 17 heavy (non-hydrogen) atoms. The van der Waals surface area contributed by atoms with E-state index < -0.39 is 0 Å². The molecule has 1 aliphatic heterocycles. The topological polar surface area (TPSA) is 42.4 Å². The molecule has 1 fully saturated rings. The predicted molar refractivity (Wildman–Crippen MR) is 66.2 cm³/mol. The number of carbonyl (C=O) groups excluding carboxylic acids is 1. The lowest BCUT2D eigenvalue weighted by molar-refractivity contribution is 0.0600. The van der Waals surface area contributed by atoms with Gasteiger partial charge in [-0.15, -0.1) is 0 Å². The number of aromatic nitrogens is 1. The Bertz CT molecular complexity index is 406. The molecule has 0 radical (unpaired) electrons. The number of esters is 1. The van der Waals surface area contributed by atoms with E-state index in [0.717, 1.165) is 18.8 Å². The first-order valence-corrected chi connectivity index (χ1v) is 6.07. The molecule has 1 unspecified atom stereocenters. The highest BCUT2D eigenvalue weighted by Gasteiger charge is 2.24. The normalized spacial score (nSPS) is 19.4. The standard InChI is InChI=1S/C13H18N2O2/c1-3-11-5-4-8-15(11)12-9-10(6-7-14-12)13(16)17-2/h6-7,9,11H,3-5,8H2,1-2H3. The predicted octanol–water partition coefficient (Wildman–Crippen LogP) is 2.25. The third-order valence-corrected chi connectivity index (χ3v) is 3.31. The smallest absolute Gasteiger partial charge is 0.338 e. The van der Waals surface area contributed by atoms with Crippen LogP contribution in [0.2, 0.25) is 0 Å². The third-order valence-electron chi connectivity index (χ3n) is 3.31. The Balaban J connectivity index is 2.23. The molecule has 1 aliphatic rings. The third kappa shape index (κ3) is 2.40. The van der Waals surface area contributed by atoms with E-state index in [1.807, 2.05) is 6.07 Å². The first-order valence-electron chi connectivity index (χ1n) is 6.07. The van der Waals surface area contributed by atoms with Gasteiger partial charge in [-0.1, -0.05) is 6.92 Å². The average molecular weight is 234 g/mol. The molecule has 0 aliphatic carbocycles. The zero-order valence-corrected chi connectivity index (χ0v) is 10.3. The van der Waals surface area contributed by atoms with Crippen LogP contribution < -0.4 is 4.90 Å². The maximum absolute atomic E-state index is 11.5. The van der Waals surface area contributed by atoms with Crippen LogP contribution >= 0.6 is 0 Å². The average Bonchev–Trinajstić information content (AvgIpc) is 2.86. The van der Waals surface area contributed by atoms with Crippen LogP contribution in [0.4, 0.5) is 5.82 Å². The summed E-state index contributed by atoms with van der Waals surface area (Å²) in [5.41, 5.74) is 0.569. The van der Waals surface area contributed by atoms with Gasteiger partial charge in [0.1, 0.15) is 5.82 Å². The number of pyridine rings is 1. The van der Waals surface area contributed by atoms with Crippen LogP contribution in [-0.4, -0.2) is 30.6 Å². The second-order valence-corrected chi connectivity index (χ2v) is 4.29. The largest absolute Gasteiger partial charge is 0.465 e. The minimum Gasteiger partial charge on any atom is -0.465 e. The summed E-state index contributed by atoms with van der Waals surface area (Å²) in [4.78, 5) is 18.1. The Labute approximate surface area is 102 Å². The lowest BCUT2D eigenvalue weighted by Gasteiger charge is -2.24. The van der Waals surface area contributed by atoms with Crippen LogP contribution in [0.3, 0.4) is 0 Å². The van der Waals surface area contributed by atoms with Crippen molar-refractivity contribution in [1.29, 1.82) is 0 Å². The molecule has 0 bridgehead atoms. The molecule has 4 nitrogen and oxygen atoms in total. The summed E-state index contributed by atoms with van der Waals surface area (Å²) < 4.78 is 4.72. The maximum atomic E-state index is 11.5. The van der Waals surface area contributed by atoms with E-state index in [2.05, 4.69) is 16.8 Å². The Hall–Kier alpha value is -1.58. The Kier molecular flexibility index (Phi) is 3.61. The summed E-state index contributed by atoms with van der Waals surface area (Å²) in [6.07, 6.45) is 5.19.